The van der Waals surface area contributed by atoms with Gasteiger partial charge in [0.05, 0.1) is 7.11 Å². The SMILES string of the molecule is COC(=O)C1C(=O)C=C([O-])CC1C1CCOCC1.[Na+]. The first kappa shape index (κ1) is 16.7. The van der Waals surface area contributed by atoms with Gasteiger partial charge in [-0.2, -0.15) is 0 Å². The van der Waals surface area contributed by atoms with E-state index in [1.54, 1.807) is 0 Å². The van der Waals surface area contributed by atoms with Gasteiger partial charge in [-0.1, -0.05) is 0 Å². The van der Waals surface area contributed by atoms with E-state index in [1.165, 1.54) is 7.11 Å². The second kappa shape index (κ2) is 7.43. The summed E-state index contributed by atoms with van der Waals surface area (Å²) in [7, 11) is 1.27. The summed E-state index contributed by atoms with van der Waals surface area (Å²) < 4.78 is 9.97. The third kappa shape index (κ3) is 3.81. The molecule has 2 aliphatic rings. The smallest absolute Gasteiger partial charge is 0.875 e. The zero-order valence-corrected chi connectivity index (χ0v) is 13.4. The Morgan fingerprint density at radius 1 is 1.42 bits per heavy atom. The second-order valence-corrected chi connectivity index (χ2v) is 4.83. The fraction of sp³-hybridized carbons (Fsp3) is 0.692. The summed E-state index contributed by atoms with van der Waals surface area (Å²) >= 11 is 0. The molecule has 0 saturated carbocycles. The molecule has 1 aliphatic heterocycles. The number of carbonyl (C=O) groups is 2. The topological polar surface area (TPSA) is 75.7 Å². The van der Waals surface area contributed by atoms with Gasteiger partial charge in [-0.05, 0) is 37.2 Å². The Morgan fingerprint density at radius 2 is 2.05 bits per heavy atom. The summed E-state index contributed by atoms with van der Waals surface area (Å²) in [5, 5.41) is 11.5. The van der Waals surface area contributed by atoms with Gasteiger partial charge in [0.25, 0.3) is 0 Å². The summed E-state index contributed by atoms with van der Waals surface area (Å²) in [5.41, 5.74) is 0. The van der Waals surface area contributed by atoms with Gasteiger partial charge in [-0.3, -0.25) is 9.59 Å². The van der Waals surface area contributed by atoms with Crippen LogP contribution in [-0.2, 0) is 19.1 Å². The minimum absolute atomic E-state index is 0. The number of hydrogen-bond donors (Lipinski definition) is 0. The van der Waals surface area contributed by atoms with Crippen LogP contribution in [0.4, 0.5) is 0 Å². The molecule has 2 rings (SSSR count). The number of allylic oxidation sites excluding steroid dienone is 2. The van der Waals surface area contributed by atoms with Gasteiger partial charge in [0.2, 0.25) is 0 Å². The molecule has 0 N–H and O–H groups in total. The zero-order valence-electron chi connectivity index (χ0n) is 11.4. The molecule has 0 spiro atoms. The first-order chi connectivity index (χ1) is 8.63. The van der Waals surface area contributed by atoms with Crippen molar-refractivity contribution in [2.24, 2.45) is 17.8 Å². The number of ketones is 1. The van der Waals surface area contributed by atoms with Crippen molar-refractivity contribution in [1.29, 1.82) is 0 Å². The van der Waals surface area contributed by atoms with E-state index in [4.69, 9.17) is 9.47 Å². The summed E-state index contributed by atoms with van der Waals surface area (Å²) in [6.07, 6.45) is 2.88. The van der Waals surface area contributed by atoms with Crippen LogP contribution in [0.1, 0.15) is 19.3 Å². The molecular weight excluding hydrogens is 259 g/mol. The molecular formula is C13H17NaO5. The third-order valence-corrected chi connectivity index (χ3v) is 3.80. The predicted octanol–water partition coefficient (Wildman–Crippen LogP) is -2.96. The minimum atomic E-state index is -0.809. The summed E-state index contributed by atoms with van der Waals surface area (Å²) in [6, 6.07) is 0. The molecule has 0 aromatic carbocycles. The second-order valence-electron chi connectivity index (χ2n) is 4.83. The van der Waals surface area contributed by atoms with Crippen LogP contribution in [0.15, 0.2) is 11.8 Å². The molecule has 6 heteroatoms. The third-order valence-electron chi connectivity index (χ3n) is 3.80. The Kier molecular flexibility index (Phi) is 6.53. The van der Waals surface area contributed by atoms with Crippen molar-refractivity contribution in [2.45, 2.75) is 19.3 Å². The van der Waals surface area contributed by atoms with Crippen molar-refractivity contribution in [3.63, 3.8) is 0 Å². The Morgan fingerprint density at radius 3 is 2.63 bits per heavy atom. The molecule has 0 bridgehead atoms. The largest absolute Gasteiger partial charge is 1.00 e. The molecule has 2 atom stereocenters. The monoisotopic (exact) mass is 276 g/mol. The van der Waals surface area contributed by atoms with Crippen LogP contribution in [0.5, 0.6) is 0 Å². The van der Waals surface area contributed by atoms with E-state index < -0.39 is 17.7 Å². The number of esters is 1. The molecule has 0 radical (unpaired) electrons. The van der Waals surface area contributed by atoms with Crippen LogP contribution < -0.4 is 34.7 Å². The zero-order chi connectivity index (χ0) is 13.1. The van der Waals surface area contributed by atoms with E-state index in [0.717, 1.165) is 18.9 Å². The van der Waals surface area contributed by atoms with Crippen molar-refractivity contribution < 1.29 is 53.7 Å². The van der Waals surface area contributed by atoms with E-state index in [-0.39, 0.29) is 53.6 Å². The van der Waals surface area contributed by atoms with Crippen LogP contribution in [0.25, 0.3) is 0 Å². The maximum absolute atomic E-state index is 11.8. The van der Waals surface area contributed by atoms with Gasteiger partial charge < -0.3 is 14.6 Å². The summed E-state index contributed by atoms with van der Waals surface area (Å²) in [5.74, 6) is -1.97. The molecule has 1 fully saturated rings. The minimum Gasteiger partial charge on any atom is -0.875 e. The molecule has 2 unspecified atom stereocenters. The van der Waals surface area contributed by atoms with Crippen molar-refractivity contribution in [3.05, 3.63) is 11.8 Å². The number of rotatable bonds is 2. The maximum atomic E-state index is 11.8. The molecule has 5 nitrogen and oxygen atoms in total. The average molecular weight is 276 g/mol. The Balaban J connectivity index is 0.00000180. The Bertz CT molecular complexity index is 373. The molecule has 0 amide bonds. The van der Waals surface area contributed by atoms with Crippen molar-refractivity contribution in [3.8, 4) is 0 Å². The fourth-order valence-electron chi connectivity index (χ4n) is 2.87. The van der Waals surface area contributed by atoms with Gasteiger partial charge in [-0.15, -0.1) is 5.76 Å². The van der Waals surface area contributed by atoms with E-state index in [2.05, 4.69) is 0 Å². The molecule has 1 heterocycles. The van der Waals surface area contributed by atoms with Crippen LogP contribution in [0, 0.1) is 17.8 Å². The van der Waals surface area contributed by atoms with E-state index >= 15 is 0 Å². The number of carbonyl (C=O) groups excluding carboxylic acids is 2. The van der Waals surface area contributed by atoms with Crippen molar-refractivity contribution >= 4 is 11.8 Å². The number of methoxy groups -OCH3 is 1. The predicted molar refractivity (Wildman–Crippen MR) is 60.2 cm³/mol. The molecule has 19 heavy (non-hydrogen) atoms. The van der Waals surface area contributed by atoms with Crippen molar-refractivity contribution in [1.82, 2.24) is 0 Å². The van der Waals surface area contributed by atoms with Gasteiger partial charge in [-0.25, -0.2) is 0 Å². The first-order valence-corrected chi connectivity index (χ1v) is 6.20. The van der Waals surface area contributed by atoms with Crippen LogP contribution in [-0.4, -0.2) is 32.1 Å². The maximum Gasteiger partial charge on any atom is 1.00 e. The van der Waals surface area contributed by atoms with Gasteiger partial charge in [0.15, 0.2) is 5.78 Å². The van der Waals surface area contributed by atoms with Crippen LogP contribution in [0.2, 0.25) is 0 Å². The van der Waals surface area contributed by atoms with Crippen LogP contribution >= 0.6 is 0 Å². The van der Waals surface area contributed by atoms with E-state index in [9.17, 15) is 14.7 Å². The fourth-order valence-corrected chi connectivity index (χ4v) is 2.87. The molecule has 1 aliphatic carbocycles. The van der Waals surface area contributed by atoms with Gasteiger partial charge >= 0.3 is 35.5 Å². The molecule has 1 saturated heterocycles. The first-order valence-electron chi connectivity index (χ1n) is 6.20. The standard InChI is InChI=1S/C13H18O5.Na/c1-17-13(16)12-10(6-9(14)7-11(12)15)8-2-4-18-5-3-8;/h7-8,10,12,14H,2-6H2,1H3;/q;+1/p-1. The van der Waals surface area contributed by atoms with Crippen LogP contribution in [0.3, 0.4) is 0 Å². The van der Waals surface area contributed by atoms with E-state index in [1.807, 2.05) is 0 Å². The number of hydrogen-bond acceptors (Lipinski definition) is 5. The van der Waals surface area contributed by atoms with Crippen molar-refractivity contribution in [2.75, 3.05) is 20.3 Å². The number of ether oxygens (including phenoxy) is 2. The summed E-state index contributed by atoms with van der Waals surface area (Å²) in [6.45, 7) is 1.25. The normalized spacial score (nSPS) is 28.3. The quantitative estimate of drug-likeness (QED) is 0.306. The molecule has 100 valence electrons. The molecule has 0 aromatic rings. The van der Waals surface area contributed by atoms with E-state index in [0.29, 0.717) is 13.2 Å². The Labute approximate surface area is 134 Å². The Hall–Kier alpha value is -0.360. The van der Waals surface area contributed by atoms with Gasteiger partial charge in [0, 0.05) is 13.2 Å². The van der Waals surface area contributed by atoms with Gasteiger partial charge in [0.1, 0.15) is 5.92 Å². The molecule has 0 aromatic heterocycles. The summed E-state index contributed by atoms with van der Waals surface area (Å²) in [4.78, 5) is 23.6. The average Bonchev–Trinajstić information content (AvgIpc) is 2.38.